The van der Waals surface area contributed by atoms with Crippen LogP contribution < -0.4 is 10.6 Å². The molecule has 0 radical (unpaired) electrons. The van der Waals surface area contributed by atoms with E-state index in [-0.39, 0.29) is 17.8 Å². The molecule has 1 aliphatic heterocycles. The van der Waals surface area contributed by atoms with Crippen molar-refractivity contribution in [3.8, 4) is 0 Å². The standard InChI is InChI=1S/C19H23N5O8/c1-19(2,3)32-18(28)23-9-8-12(10-23)14(25)21-16(20)22-17(27)31-15(26)11-4-6-13(7-5-11)24(29)30/h4-7,12H,8-10H2,1-3H3,(H3,20,21,22,25,27)/t12-/m0/s1. The van der Waals surface area contributed by atoms with E-state index in [9.17, 15) is 29.3 Å². The van der Waals surface area contributed by atoms with Gasteiger partial charge in [0.25, 0.3) is 5.69 Å². The van der Waals surface area contributed by atoms with Gasteiger partial charge in [0.05, 0.1) is 16.4 Å². The van der Waals surface area contributed by atoms with Crippen LogP contribution in [0.3, 0.4) is 0 Å². The fourth-order valence-electron chi connectivity index (χ4n) is 2.71. The Kier molecular flexibility index (Phi) is 7.46. The normalized spacial score (nSPS) is 15.5. The highest BCUT2D eigenvalue weighted by atomic mass is 16.6. The number of amides is 3. The Morgan fingerprint density at radius 1 is 1.16 bits per heavy atom. The molecule has 0 saturated carbocycles. The van der Waals surface area contributed by atoms with Gasteiger partial charge in [0, 0.05) is 25.2 Å². The Labute approximate surface area is 182 Å². The van der Waals surface area contributed by atoms with Gasteiger partial charge in [0.1, 0.15) is 5.60 Å². The first-order valence-corrected chi connectivity index (χ1v) is 9.50. The summed E-state index contributed by atoms with van der Waals surface area (Å²) in [4.78, 5) is 59.3. The van der Waals surface area contributed by atoms with E-state index >= 15 is 0 Å². The Bertz CT molecular complexity index is 938. The predicted octanol–water partition coefficient (Wildman–Crippen LogP) is 1.77. The van der Waals surface area contributed by atoms with Crippen molar-refractivity contribution in [2.24, 2.45) is 5.92 Å². The van der Waals surface area contributed by atoms with Crippen molar-refractivity contribution in [1.29, 1.82) is 5.41 Å². The predicted molar refractivity (Wildman–Crippen MR) is 109 cm³/mol. The smallest absolute Gasteiger partial charge is 0.421 e. The molecule has 1 heterocycles. The minimum atomic E-state index is -1.32. The molecule has 2 rings (SSSR count). The minimum Gasteiger partial charge on any atom is -0.444 e. The molecule has 1 saturated heterocycles. The number of non-ortho nitro benzene ring substituents is 1. The number of nitrogens with one attached hydrogen (secondary N) is 3. The molecule has 0 aromatic heterocycles. The van der Waals surface area contributed by atoms with Gasteiger partial charge in [-0.2, -0.15) is 0 Å². The number of guanidine groups is 1. The molecular weight excluding hydrogens is 426 g/mol. The number of carbonyl (C=O) groups excluding carboxylic acids is 4. The Morgan fingerprint density at radius 3 is 2.34 bits per heavy atom. The molecule has 0 aliphatic carbocycles. The van der Waals surface area contributed by atoms with Crippen molar-refractivity contribution in [2.75, 3.05) is 13.1 Å². The second-order valence-corrected chi connectivity index (χ2v) is 7.88. The van der Waals surface area contributed by atoms with Gasteiger partial charge >= 0.3 is 18.2 Å². The van der Waals surface area contributed by atoms with Crippen LogP contribution in [0.5, 0.6) is 0 Å². The Hall–Kier alpha value is -4.03. The van der Waals surface area contributed by atoms with Crippen LogP contribution in [0, 0.1) is 21.4 Å². The van der Waals surface area contributed by atoms with Crippen molar-refractivity contribution in [1.82, 2.24) is 15.5 Å². The molecule has 13 heteroatoms. The molecule has 1 aromatic rings. The minimum absolute atomic E-state index is 0.0943. The maximum atomic E-state index is 12.3. The van der Waals surface area contributed by atoms with Crippen LogP contribution in [0.4, 0.5) is 15.3 Å². The molecule has 1 aliphatic rings. The number of rotatable bonds is 3. The van der Waals surface area contributed by atoms with E-state index in [4.69, 9.17) is 10.1 Å². The number of nitro groups is 1. The van der Waals surface area contributed by atoms with Crippen molar-refractivity contribution in [2.45, 2.75) is 32.8 Å². The summed E-state index contributed by atoms with van der Waals surface area (Å²) in [5.41, 5.74) is -1.03. The number of ether oxygens (including phenoxy) is 2. The third kappa shape index (κ3) is 7.04. The molecule has 0 spiro atoms. The average Bonchev–Trinajstić information content (AvgIpc) is 3.17. The summed E-state index contributed by atoms with van der Waals surface area (Å²) in [6, 6.07) is 4.35. The summed E-state index contributed by atoms with van der Waals surface area (Å²) >= 11 is 0. The van der Waals surface area contributed by atoms with E-state index in [0.717, 1.165) is 24.3 Å². The molecule has 32 heavy (non-hydrogen) atoms. The fraction of sp³-hybridized carbons (Fsp3) is 0.421. The van der Waals surface area contributed by atoms with Gasteiger partial charge in [-0.05, 0) is 39.3 Å². The van der Waals surface area contributed by atoms with E-state index in [1.165, 1.54) is 4.90 Å². The average molecular weight is 449 g/mol. The maximum Gasteiger partial charge on any atom is 0.421 e. The third-order valence-electron chi connectivity index (χ3n) is 4.19. The number of alkyl carbamates (subject to hydrolysis) is 1. The lowest BCUT2D eigenvalue weighted by atomic mass is 10.1. The first-order chi connectivity index (χ1) is 14.9. The van der Waals surface area contributed by atoms with Crippen molar-refractivity contribution in [3.05, 3.63) is 39.9 Å². The third-order valence-corrected chi connectivity index (χ3v) is 4.19. The topological polar surface area (TPSA) is 181 Å². The molecular formula is C19H23N5O8. The number of hydrogen-bond acceptors (Lipinski definition) is 9. The van der Waals surface area contributed by atoms with Crippen LogP contribution in [-0.4, -0.2) is 58.5 Å². The Balaban J connectivity index is 1.80. The maximum absolute atomic E-state index is 12.3. The first kappa shape index (κ1) is 24.2. The molecule has 1 atom stereocenters. The van der Waals surface area contributed by atoms with Crippen molar-refractivity contribution in [3.63, 3.8) is 0 Å². The number of carbonyl (C=O) groups is 4. The van der Waals surface area contributed by atoms with E-state index in [1.54, 1.807) is 20.8 Å². The van der Waals surface area contributed by atoms with Crippen LogP contribution in [0.1, 0.15) is 37.6 Å². The largest absolute Gasteiger partial charge is 0.444 e. The number of likely N-dealkylation sites (tertiary alicyclic amines) is 1. The lowest BCUT2D eigenvalue weighted by Gasteiger charge is -2.24. The number of esters is 1. The van der Waals surface area contributed by atoms with Gasteiger partial charge in [0.15, 0.2) is 0 Å². The summed E-state index contributed by atoms with van der Waals surface area (Å²) in [5.74, 6) is -3.02. The summed E-state index contributed by atoms with van der Waals surface area (Å²) in [7, 11) is 0. The number of hydrogen-bond donors (Lipinski definition) is 3. The van der Waals surface area contributed by atoms with Crippen molar-refractivity contribution >= 4 is 35.7 Å². The SMILES string of the molecule is CC(C)(C)OC(=O)N1CC[C@H](C(=O)NC(=N)NC(=O)OC(=O)c2ccc([N+](=O)[O-])cc2)C1. The van der Waals surface area contributed by atoms with E-state index < -0.39 is 46.5 Å². The zero-order chi connectivity index (χ0) is 24.1. The second-order valence-electron chi connectivity index (χ2n) is 7.88. The fourth-order valence-corrected chi connectivity index (χ4v) is 2.71. The van der Waals surface area contributed by atoms with E-state index in [1.807, 2.05) is 5.32 Å². The highest BCUT2D eigenvalue weighted by Gasteiger charge is 2.34. The van der Waals surface area contributed by atoms with Gasteiger partial charge in [0.2, 0.25) is 11.9 Å². The van der Waals surface area contributed by atoms with Crippen LogP contribution in [0.25, 0.3) is 0 Å². The van der Waals surface area contributed by atoms with Crippen LogP contribution in [-0.2, 0) is 14.3 Å². The van der Waals surface area contributed by atoms with E-state index in [2.05, 4.69) is 10.1 Å². The summed E-state index contributed by atoms with van der Waals surface area (Å²) < 4.78 is 9.74. The van der Waals surface area contributed by atoms with Gasteiger partial charge in [-0.25, -0.2) is 14.4 Å². The monoisotopic (exact) mass is 449 g/mol. The quantitative estimate of drug-likeness (QED) is 0.156. The van der Waals surface area contributed by atoms with Gasteiger partial charge < -0.3 is 14.4 Å². The summed E-state index contributed by atoms with van der Waals surface area (Å²) in [6.07, 6.45) is -1.52. The van der Waals surface area contributed by atoms with Gasteiger partial charge in [-0.1, -0.05) is 0 Å². The molecule has 13 nitrogen and oxygen atoms in total. The summed E-state index contributed by atoms with van der Waals surface area (Å²) in [5, 5.41) is 22.3. The molecule has 3 N–H and O–H groups in total. The Morgan fingerprint density at radius 2 is 1.78 bits per heavy atom. The van der Waals surface area contributed by atoms with Crippen LogP contribution >= 0.6 is 0 Å². The van der Waals surface area contributed by atoms with Crippen LogP contribution in [0.15, 0.2) is 24.3 Å². The highest BCUT2D eigenvalue weighted by molar-refractivity contribution is 6.05. The lowest BCUT2D eigenvalue weighted by molar-refractivity contribution is -0.384. The van der Waals surface area contributed by atoms with Crippen LogP contribution in [0.2, 0.25) is 0 Å². The highest BCUT2D eigenvalue weighted by Crippen LogP contribution is 2.19. The molecule has 1 fully saturated rings. The molecule has 0 unspecified atom stereocenters. The molecule has 172 valence electrons. The van der Waals surface area contributed by atoms with Crippen molar-refractivity contribution < 1.29 is 33.6 Å². The number of benzene rings is 1. The molecule has 3 amide bonds. The second kappa shape index (κ2) is 9.85. The molecule has 0 bridgehead atoms. The number of nitrogens with zero attached hydrogens (tertiary/aromatic N) is 2. The lowest BCUT2D eigenvalue weighted by Crippen LogP contribution is -2.46. The van der Waals surface area contributed by atoms with E-state index in [0.29, 0.717) is 13.0 Å². The molecule has 1 aromatic carbocycles. The zero-order valence-electron chi connectivity index (χ0n) is 17.7. The first-order valence-electron chi connectivity index (χ1n) is 9.50. The zero-order valence-corrected chi connectivity index (χ0v) is 17.7. The number of nitro benzene ring substituents is 1. The van der Waals surface area contributed by atoms with Gasteiger partial charge in [-0.3, -0.25) is 31.0 Å². The summed E-state index contributed by atoms with van der Waals surface area (Å²) in [6.45, 7) is 5.58. The van der Waals surface area contributed by atoms with Gasteiger partial charge in [-0.15, -0.1) is 0 Å².